The van der Waals surface area contributed by atoms with Crippen molar-refractivity contribution in [3.63, 3.8) is 0 Å². The van der Waals surface area contributed by atoms with Crippen LogP contribution in [-0.4, -0.2) is 26.2 Å². The summed E-state index contributed by atoms with van der Waals surface area (Å²) in [5.41, 5.74) is 3.19. The van der Waals surface area contributed by atoms with Gasteiger partial charge in [0.15, 0.2) is 5.88 Å². The van der Waals surface area contributed by atoms with Gasteiger partial charge in [0.2, 0.25) is 5.91 Å². The lowest BCUT2D eigenvalue weighted by Gasteiger charge is -2.05. The number of nitrogens with zero attached hydrogens (tertiary/aromatic N) is 2. The van der Waals surface area contributed by atoms with Crippen LogP contribution in [0.15, 0.2) is 39.9 Å². The van der Waals surface area contributed by atoms with Gasteiger partial charge in [-0.2, -0.15) is 5.10 Å². The molecule has 7 heteroatoms. The maximum atomic E-state index is 11.8. The lowest BCUT2D eigenvalue weighted by Crippen LogP contribution is -2.19. The van der Waals surface area contributed by atoms with E-state index in [0.717, 1.165) is 5.56 Å². The van der Waals surface area contributed by atoms with Crippen molar-refractivity contribution in [2.45, 2.75) is 6.42 Å². The zero-order valence-corrected chi connectivity index (χ0v) is 13.6. The molecule has 0 radical (unpaired) electrons. The number of amides is 1. The highest BCUT2D eigenvalue weighted by molar-refractivity contribution is 6.42. The number of carbonyl (C=O) groups excluding carboxylic acids is 1. The summed E-state index contributed by atoms with van der Waals surface area (Å²) < 4.78 is 5.47. The van der Waals surface area contributed by atoms with Crippen molar-refractivity contribution in [1.29, 1.82) is 0 Å². The number of rotatable bonds is 5. The highest BCUT2D eigenvalue weighted by Crippen LogP contribution is 2.22. The molecule has 2 rings (SSSR count). The van der Waals surface area contributed by atoms with Crippen LogP contribution in [0.1, 0.15) is 11.3 Å². The molecule has 1 aromatic heterocycles. The fraction of sp³-hybridized carbons (Fsp3) is 0.200. The average Bonchev–Trinajstić information content (AvgIpc) is 2.92. The zero-order chi connectivity index (χ0) is 16.1. The molecule has 1 heterocycles. The van der Waals surface area contributed by atoms with E-state index in [4.69, 9.17) is 27.6 Å². The second kappa shape index (κ2) is 7.33. The van der Waals surface area contributed by atoms with Crippen LogP contribution in [0.25, 0.3) is 0 Å². The highest BCUT2D eigenvalue weighted by Gasteiger charge is 2.05. The summed E-state index contributed by atoms with van der Waals surface area (Å²) in [6.07, 6.45) is 1.61. The topological polar surface area (TPSA) is 57.8 Å². The van der Waals surface area contributed by atoms with Gasteiger partial charge < -0.3 is 9.32 Å². The fourth-order valence-corrected chi connectivity index (χ4v) is 2.02. The zero-order valence-electron chi connectivity index (χ0n) is 12.1. The summed E-state index contributed by atoms with van der Waals surface area (Å²) in [6.45, 7) is 0. The van der Waals surface area contributed by atoms with Crippen molar-refractivity contribution in [2.24, 2.45) is 5.10 Å². The second-order valence-corrected chi connectivity index (χ2v) is 5.60. The Morgan fingerprint density at radius 3 is 2.68 bits per heavy atom. The smallest absolute Gasteiger partial charge is 0.244 e. The summed E-state index contributed by atoms with van der Waals surface area (Å²) in [5, 5.41) is 4.73. The van der Waals surface area contributed by atoms with E-state index in [1.54, 1.807) is 24.3 Å². The van der Waals surface area contributed by atoms with Gasteiger partial charge in [0.1, 0.15) is 5.76 Å². The molecule has 22 heavy (non-hydrogen) atoms. The van der Waals surface area contributed by atoms with Crippen LogP contribution in [0.5, 0.6) is 0 Å². The molecule has 0 spiro atoms. The van der Waals surface area contributed by atoms with Gasteiger partial charge in [0.25, 0.3) is 0 Å². The van der Waals surface area contributed by atoms with Gasteiger partial charge >= 0.3 is 0 Å². The van der Waals surface area contributed by atoms with E-state index in [2.05, 4.69) is 10.5 Å². The van der Waals surface area contributed by atoms with Crippen LogP contribution in [0.2, 0.25) is 10.0 Å². The van der Waals surface area contributed by atoms with E-state index in [1.807, 2.05) is 25.1 Å². The van der Waals surface area contributed by atoms with Gasteiger partial charge in [-0.25, -0.2) is 5.43 Å². The molecular weight excluding hydrogens is 325 g/mol. The molecule has 0 bridgehead atoms. The van der Waals surface area contributed by atoms with Crippen LogP contribution < -0.4 is 10.3 Å². The quantitative estimate of drug-likeness (QED) is 0.671. The lowest BCUT2D eigenvalue weighted by atomic mass is 10.1. The molecule has 2 aromatic rings. The van der Waals surface area contributed by atoms with Crippen LogP contribution in [0.3, 0.4) is 0 Å². The predicted molar refractivity (Wildman–Crippen MR) is 88.9 cm³/mol. The first-order chi connectivity index (χ1) is 10.5. The van der Waals surface area contributed by atoms with E-state index in [0.29, 0.717) is 21.7 Å². The first-order valence-electron chi connectivity index (χ1n) is 6.48. The Morgan fingerprint density at radius 2 is 2.05 bits per heavy atom. The van der Waals surface area contributed by atoms with Crippen molar-refractivity contribution in [2.75, 3.05) is 19.0 Å². The van der Waals surface area contributed by atoms with Gasteiger partial charge in [0, 0.05) is 20.2 Å². The number of furan rings is 1. The predicted octanol–water partition coefficient (Wildman–Crippen LogP) is 3.35. The number of hydrogen-bond donors (Lipinski definition) is 1. The molecule has 0 aliphatic carbocycles. The molecule has 5 nitrogen and oxygen atoms in total. The molecular formula is C15H15Cl2N3O2. The fourth-order valence-electron chi connectivity index (χ4n) is 1.69. The molecule has 0 unspecified atom stereocenters. The van der Waals surface area contributed by atoms with Gasteiger partial charge in [-0.1, -0.05) is 29.3 Å². The Morgan fingerprint density at radius 1 is 1.27 bits per heavy atom. The molecule has 0 atom stereocenters. The molecule has 0 aliphatic heterocycles. The van der Waals surface area contributed by atoms with Crippen molar-refractivity contribution in [3.05, 3.63) is 51.7 Å². The summed E-state index contributed by atoms with van der Waals surface area (Å²) >= 11 is 11.7. The van der Waals surface area contributed by atoms with Gasteiger partial charge in [-0.05, 0) is 23.8 Å². The number of carbonyl (C=O) groups is 1. The molecule has 1 amide bonds. The number of anilines is 1. The third-order valence-corrected chi connectivity index (χ3v) is 3.52. The van der Waals surface area contributed by atoms with E-state index in [-0.39, 0.29) is 12.3 Å². The largest absolute Gasteiger partial charge is 0.440 e. The van der Waals surface area contributed by atoms with E-state index < -0.39 is 0 Å². The van der Waals surface area contributed by atoms with Gasteiger partial charge in [0.05, 0.1) is 22.7 Å². The van der Waals surface area contributed by atoms with E-state index >= 15 is 0 Å². The Hall–Kier alpha value is -1.98. The van der Waals surface area contributed by atoms with Crippen molar-refractivity contribution >= 4 is 41.2 Å². The number of hydrazone groups is 1. The summed E-state index contributed by atoms with van der Waals surface area (Å²) in [4.78, 5) is 13.6. The maximum absolute atomic E-state index is 11.8. The molecule has 1 N–H and O–H groups in total. The first kappa shape index (κ1) is 16.4. The minimum absolute atomic E-state index is 0.162. The average molecular weight is 340 g/mol. The molecule has 0 fully saturated rings. The van der Waals surface area contributed by atoms with Gasteiger partial charge in [-0.3, -0.25) is 4.79 Å². The van der Waals surface area contributed by atoms with Crippen LogP contribution >= 0.6 is 23.2 Å². The molecule has 0 saturated carbocycles. The van der Waals surface area contributed by atoms with Crippen LogP contribution in [-0.2, 0) is 11.2 Å². The van der Waals surface area contributed by atoms with Crippen molar-refractivity contribution in [3.8, 4) is 0 Å². The maximum Gasteiger partial charge on any atom is 0.244 e. The minimum atomic E-state index is -0.256. The van der Waals surface area contributed by atoms with Crippen molar-refractivity contribution in [1.82, 2.24) is 5.43 Å². The molecule has 1 aromatic carbocycles. The van der Waals surface area contributed by atoms with Crippen molar-refractivity contribution < 1.29 is 9.21 Å². The molecule has 0 aliphatic rings. The number of hydrogen-bond acceptors (Lipinski definition) is 4. The summed E-state index contributed by atoms with van der Waals surface area (Å²) in [6, 6.07) is 8.64. The Kier molecular flexibility index (Phi) is 5.46. The van der Waals surface area contributed by atoms with Crippen LogP contribution in [0.4, 0.5) is 5.88 Å². The summed E-state index contributed by atoms with van der Waals surface area (Å²) in [5.74, 6) is 1.01. The minimum Gasteiger partial charge on any atom is -0.440 e. The Bertz CT molecular complexity index is 696. The number of benzene rings is 1. The Labute approximate surface area is 138 Å². The van der Waals surface area contributed by atoms with Gasteiger partial charge in [-0.15, -0.1) is 0 Å². The molecule has 116 valence electrons. The van der Waals surface area contributed by atoms with E-state index in [9.17, 15) is 4.79 Å². The molecule has 0 saturated heterocycles. The standard InChI is InChI=1S/C15H15Cl2N3O2/c1-20(2)15-6-4-11(22-15)9-18-19-14(21)8-10-3-5-12(16)13(17)7-10/h3-7,9H,8H2,1-2H3,(H,19,21)/b18-9+. The van der Waals surface area contributed by atoms with E-state index in [1.165, 1.54) is 6.21 Å². The Balaban J connectivity index is 1.88. The SMILES string of the molecule is CN(C)c1ccc(/C=N/NC(=O)Cc2ccc(Cl)c(Cl)c2)o1. The third kappa shape index (κ3) is 4.51. The highest BCUT2D eigenvalue weighted by atomic mass is 35.5. The second-order valence-electron chi connectivity index (χ2n) is 4.79. The third-order valence-electron chi connectivity index (χ3n) is 2.78. The monoisotopic (exact) mass is 339 g/mol. The number of nitrogens with one attached hydrogen (secondary N) is 1. The summed E-state index contributed by atoms with van der Waals surface area (Å²) in [7, 11) is 3.75. The normalized spacial score (nSPS) is 10.9. The lowest BCUT2D eigenvalue weighted by molar-refractivity contribution is -0.120. The van der Waals surface area contributed by atoms with Crippen LogP contribution in [0, 0.1) is 0 Å². The first-order valence-corrected chi connectivity index (χ1v) is 7.24. The number of halogens is 2.